The van der Waals surface area contributed by atoms with Crippen LogP contribution >= 0.6 is 15.6 Å². The van der Waals surface area contributed by atoms with Crippen molar-refractivity contribution in [2.75, 3.05) is 18.9 Å². The number of hydrogen-bond acceptors (Lipinski definition) is 10. The van der Waals surface area contributed by atoms with E-state index in [4.69, 9.17) is 30.3 Å². The summed E-state index contributed by atoms with van der Waals surface area (Å²) in [5.74, 6) is 0.338. The number of aromatic nitrogens is 2. The van der Waals surface area contributed by atoms with E-state index in [1.165, 1.54) is 12.3 Å². The SMILES string of the molecule is Nc1ccnc(=O)[nH]1.O=P(O)(O)OP(=O)(O)O[C@H]1CO[C@H](CO)[C@H]1O. The van der Waals surface area contributed by atoms with E-state index in [-0.39, 0.29) is 6.61 Å². The molecular weight excluding hydrogens is 388 g/mol. The number of nitrogens with one attached hydrogen (secondary N) is 1. The van der Waals surface area contributed by atoms with Crippen LogP contribution < -0.4 is 11.4 Å². The van der Waals surface area contributed by atoms with Gasteiger partial charge in [-0.3, -0.25) is 9.51 Å². The van der Waals surface area contributed by atoms with E-state index in [1.54, 1.807) is 0 Å². The zero-order chi connectivity index (χ0) is 19.3. The maximum atomic E-state index is 11.1. The molecule has 4 atom stereocenters. The van der Waals surface area contributed by atoms with E-state index in [0.29, 0.717) is 5.82 Å². The van der Waals surface area contributed by atoms with Crippen molar-refractivity contribution in [2.45, 2.75) is 18.3 Å². The molecule has 1 aromatic rings. The zero-order valence-electron chi connectivity index (χ0n) is 12.4. The van der Waals surface area contributed by atoms with Crippen molar-refractivity contribution in [2.24, 2.45) is 0 Å². The first-order chi connectivity index (χ1) is 11.4. The van der Waals surface area contributed by atoms with Crippen LogP contribution in [0.4, 0.5) is 5.82 Å². The van der Waals surface area contributed by atoms with E-state index < -0.39 is 46.3 Å². The molecule has 1 fully saturated rings. The summed E-state index contributed by atoms with van der Waals surface area (Å²) in [6.07, 6.45) is -2.36. The first-order valence-corrected chi connectivity index (χ1v) is 9.45. The largest absolute Gasteiger partial charge is 0.481 e. The summed E-state index contributed by atoms with van der Waals surface area (Å²) in [7, 11) is -10.2. The fourth-order valence-electron chi connectivity index (χ4n) is 1.62. The van der Waals surface area contributed by atoms with Crippen molar-refractivity contribution >= 4 is 21.5 Å². The number of phosphoric acid groups is 2. The molecule has 0 aromatic carbocycles. The molecule has 0 aliphatic carbocycles. The third kappa shape index (κ3) is 8.16. The second-order valence-electron chi connectivity index (χ2n) is 4.56. The highest BCUT2D eigenvalue weighted by Gasteiger charge is 2.43. The van der Waals surface area contributed by atoms with Gasteiger partial charge in [-0.25, -0.2) is 18.9 Å². The van der Waals surface area contributed by atoms with Gasteiger partial charge in [-0.05, 0) is 6.07 Å². The molecule has 14 nitrogen and oxygen atoms in total. The minimum atomic E-state index is -5.20. The first kappa shape index (κ1) is 21.9. The van der Waals surface area contributed by atoms with Crippen molar-refractivity contribution in [1.82, 2.24) is 9.97 Å². The topological polar surface area (TPSA) is 235 Å². The van der Waals surface area contributed by atoms with Gasteiger partial charge in [0.15, 0.2) is 0 Å². The lowest BCUT2D eigenvalue weighted by Crippen LogP contribution is -2.33. The van der Waals surface area contributed by atoms with Crippen LogP contribution in [-0.2, 0) is 22.7 Å². The Morgan fingerprint density at radius 3 is 2.44 bits per heavy atom. The molecule has 1 saturated heterocycles. The predicted molar refractivity (Wildman–Crippen MR) is 79.9 cm³/mol. The molecule has 1 aliphatic rings. The number of phosphoric ester groups is 1. The summed E-state index contributed by atoms with van der Waals surface area (Å²) in [4.78, 5) is 41.5. The van der Waals surface area contributed by atoms with Gasteiger partial charge < -0.3 is 35.4 Å². The second kappa shape index (κ2) is 8.96. The van der Waals surface area contributed by atoms with Crippen LogP contribution in [0, 0.1) is 0 Å². The Balaban J connectivity index is 0.000000324. The van der Waals surface area contributed by atoms with E-state index in [0.717, 1.165) is 0 Å². The van der Waals surface area contributed by atoms with E-state index in [9.17, 15) is 19.0 Å². The predicted octanol–water partition coefficient (Wildman–Crippen LogP) is -2.31. The van der Waals surface area contributed by atoms with Crippen molar-refractivity contribution in [3.8, 4) is 0 Å². The van der Waals surface area contributed by atoms with Gasteiger partial charge in [0, 0.05) is 6.20 Å². The summed E-state index contributed by atoms with van der Waals surface area (Å²) in [6.45, 7) is -0.850. The number of H-pyrrole nitrogens is 1. The average molecular weight is 405 g/mol. The summed E-state index contributed by atoms with van der Waals surface area (Å²) < 4.78 is 34.1. The third-order valence-corrected chi connectivity index (χ3v) is 4.81. The normalized spacial score (nSPS) is 25.7. The molecule has 1 aliphatic heterocycles. The number of hydrogen-bond donors (Lipinski definition) is 7. The number of aliphatic hydroxyl groups excluding tert-OH is 2. The Morgan fingerprint density at radius 1 is 1.40 bits per heavy atom. The number of ether oxygens (including phenoxy) is 1. The molecule has 2 rings (SSSR count). The van der Waals surface area contributed by atoms with E-state index in [1.807, 2.05) is 0 Å². The molecule has 0 radical (unpaired) electrons. The molecule has 8 N–H and O–H groups in total. The third-order valence-electron chi connectivity index (χ3n) is 2.59. The molecular formula is C9H17N3O11P2. The van der Waals surface area contributed by atoms with Gasteiger partial charge in [0.2, 0.25) is 0 Å². The monoisotopic (exact) mass is 405 g/mol. The number of rotatable bonds is 5. The van der Waals surface area contributed by atoms with Crippen LogP contribution in [-0.4, -0.2) is 66.4 Å². The minimum Gasteiger partial charge on any atom is -0.394 e. The number of nitrogens with two attached hydrogens (primary N) is 1. The maximum absolute atomic E-state index is 11.1. The van der Waals surface area contributed by atoms with Gasteiger partial charge in [0.05, 0.1) is 13.2 Å². The summed E-state index contributed by atoms with van der Waals surface area (Å²) in [5, 5.41) is 18.1. The fourth-order valence-corrected chi connectivity index (χ4v) is 3.37. The summed E-state index contributed by atoms with van der Waals surface area (Å²) in [5.41, 5.74) is 4.75. The Morgan fingerprint density at radius 2 is 2.04 bits per heavy atom. The van der Waals surface area contributed by atoms with E-state index >= 15 is 0 Å². The fraction of sp³-hybridized carbons (Fsp3) is 0.556. The second-order valence-corrected chi connectivity index (χ2v) is 7.34. The Kier molecular flexibility index (Phi) is 7.84. The Bertz CT molecular complexity index is 706. The smallest absolute Gasteiger partial charge is 0.394 e. The van der Waals surface area contributed by atoms with Crippen LogP contribution in [0.5, 0.6) is 0 Å². The zero-order valence-corrected chi connectivity index (χ0v) is 14.2. The molecule has 0 saturated carbocycles. The molecule has 0 bridgehead atoms. The van der Waals surface area contributed by atoms with Gasteiger partial charge in [-0.15, -0.1) is 0 Å². The van der Waals surface area contributed by atoms with Crippen molar-refractivity contribution < 1.29 is 47.6 Å². The number of nitrogens with zero attached hydrogens (tertiary/aromatic N) is 1. The maximum Gasteiger partial charge on any atom is 0.481 e. The number of aromatic amines is 1. The van der Waals surface area contributed by atoms with Gasteiger partial charge in [0.1, 0.15) is 24.1 Å². The molecule has 0 amide bonds. The van der Waals surface area contributed by atoms with E-state index in [2.05, 4.69) is 18.8 Å². The number of anilines is 1. The van der Waals surface area contributed by atoms with Crippen molar-refractivity contribution in [1.29, 1.82) is 0 Å². The average Bonchev–Trinajstić information content (AvgIpc) is 2.76. The quantitative estimate of drug-likeness (QED) is 0.255. The number of nitrogen functional groups attached to an aromatic ring is 1. The molecule has 1 aromatic heterocycles. The van der Waals surface area contributed by atoms with Crippen LogP contribution in [0.2, 0.25) is 0 Å². The molecule has 0 spiro atoms. The Labute approximate surface area is 140 Å². The Hall–Kier alpha value is -1.18. The highest BCUT2D eigenvalue weighted by atomic mass is 31.3. The van der Waals surface area contributed by atoms with Crippen LogP contribution in [0.25, 0.3) is 0 Å². The first-order valence-electron chi connectivity index (χ1n) is 6.43. The lowest BCUT2D eigenvalue weighted by atomic mass is 10.2. The summed E-state index contributed by atoms with van der Waals surface area (Å²) in [6, 6.07) is 1.52. The standard InChI is InChI=1S/C5H12O10P2.C4H5N3O/c6-1-3-5(7)4(2-13-3)14-17(11,12)15-16(8,9)10;5-3-1-2-6-4(8)7-3/h3-7H,1-2H2,(H,11,12)(H2,8,9,10);1-2H,(H3,5,6,7,8)/t3-,4+,5-;/m1./s1. The van der Waals surface area contributed by atoms with Gasteiger partial charge in [-0.1, -0.05) is 0 Å². The van der Waals surface area contributed by atoms with Gasteiger partial charge in [-0.2, -0.15) is 4.31 Å². The lowest BCUT2D eigenvalue weighted by molar-refractivity contribution is -0.00599. The van der Waals surface area contributed by atoms with Crippen molar-refractivity contribution in [3.05, 3.63) is 22.7 Å². The van der Waals surface area contributed by atoms with Crippen molar-refractivity contribution in [3.63, 3.8) is 0 Å². The highest BCUT2D eigenvalue weighted by molar-refractivity contribution is 7.60. The van der Waals surface area contributed by atoms with Gasteiger partial charge >= 0.3 is 21.3 Å². The van der Waals surface area contributed by atoms with Crippen LogP contribution in [0.1, 0.15) is 0 Å². The van der Waals surface area contributed by atoms with Crippen LogP contribution in [0.15, 0.2) is 17.1 Å². The lowest BCUT2D eigenvalue weighted by Gasteiger charge is -2.19. The molecule has 16 heteroatoms. The molecule has 1 unspecified atom stereocenters. The molecule has 2 heterocycles. The number of aliphatic hydroxyl groups is 2. The highest BCUT2D eigenvalue weighted by Crippen LogP contribution is 2.58. The van der Waals surface area contributed by atoms with Gasteiger partial charge in [0.25, 0.3) is 0 Å². The molecule has 144 valence electrons. The van der Waals surface area contributed by atoms with Crippen LogP contribution in [0.3, 0.4) is 0 Å². The molecule has 25 heavy (non-hydrogen) atoms. The minimum absolute atomic E-state index is 0.318. The summed E-state index contributed by atoms with van der Waals surface area (Å²) >= 11 is 0.